The maximum absolute atomic E-state index is 9.79. The quantitative estimate of drug-likeness (QED) is 0.852. The van der Waals surface area contributed by atoms with Gasteiger partial charge in [-0.05, 0) is 36.1 Å². The number of rotatable bonds is 6. The monoisotopic (exact) mass is 342 g/mol. The minimum atomic E-state index is -0.399. The molecule has 0 aliphatic heterocycles. The zero-order valence-electron chi connectivity index (χ0n) is 12.3. The Hall–Kier alpha value is -0.580. The van der Waals surface area contributed by atoms with Crippen molar-refractivity contribution >= 4 is 15.9 Å². The van der Waals surface area contributed by atoms with E-state index in [1.165, 1.54) is 5.56 Å². The molecule has 1 aromatic carbocycles. The molecule has 1 saturated carbocycles. The van der Waals surface area contributed by atoms with Gasteiger partial charge in [-0.2, -0.15) is 0 Å². The van der Waals surface area contributed by atoms with E-state index >= 15 is 0 Å². The number of hydrogen-bond acceptors (Lipinski definition) is 3. The first kappa shape index (κ1) is 15.8. The van der Waals surface area contributed by atoms with Crippen LogP contribution in [0, 0.1) is 0 Å². The molecule has 112 valence electrons. The van der Waals surface area contributed by atoms with Crippen molar-refractivity contribution in [1.29, 1.82) is 0 Å². The molecule has 20 heavy (non-hydrogen) atoms. The molecule has 0 bridgehead atoms. The first-order valence-corrected chi connectivity index (χ1v) is 8.08. The summed E-state index contributed by atoms with van der Waals surface area (Å²) < 4.78 is 12.8. The van der Waals surface area contributed by atoms with E-state index in [1.807, 2.05) is 12.1 Å². The summed E-state index contributed by atoms with van der Waals surface area (Å²) in [6.07, 6.45) is 0.950. The van der Waals surface area contributed by atoms with Crippen LogP contribution >= 0.6 is 15.9 Å². The molecule has 4 heteroatoms. The highest BCUT2D eigenvalue weighted by atomic mass is 79.9. The van der Waals surface area contributed by atoms with Crippen LogP contribution in [0.3, 0.4) is 0 Å². The molecule has 3 atom stereocenters. The van der Waals surface area contributed by atoms with Gasteiger partial charge in [0, 0.05) is 17.5 Å². The van der Waals surface area contributed by atoms with Crippen LogP contribution in [0.4, 0.5) is 0 Å². The zero-order chi connectivity index (χ0) is 14.7. The smallest absolute Gasteiger partial charge is 0.130 e. The zero-order valence-corrected chi connectivity index (χ0v) is 13.9. The highest BCUT2D eigenvalue weighted by Gasteiger charge is 2.43. The van der Waals surface area contributed by atoms with Crippen LogP contribution in [0.2, 0.25) is 0 Å². The number of halogens is 1. The second-order valence-electron chi connectivity index (χ2n) is 5.63. The molecule has 0 heterocycles. The van der Waals surface area contributed by atoms with E-state index in [-0.39, 0.29) is 12.2 Å². The van der Waals surface area contributed by atoms with Crippen molar-refractivity contribution in [1.82, 2.24) is 0 Å². The van der Waals surface area contributed by atoms with Crippen molar-refractivity contribution in [2.24, 2.45) is 0 Å². The Bertz CT molecular complexity index is 447. The molecule has 2 rings (SSSR count). The summed E-state index contributed by atoms with van der Waals surface area (Å²) in [6, 6.07) is 6.07. The minimum absolute atomic E-state index is 0.0461. The molecule has 0 saturated heterocycles. The highest BCUT2D eigenvalue weighted by Crippen LogP contribution is 2.34. The Labute approximate surface area is 129 Å². The number of aliphatic hydroxyl groups excluding tert-OH is 1. The summed E-state index contributed by atoms with van der Waals surface area (Å²) in [4.78, 5) is 0. The molecule has 0 spiro atoms. The SMILES string of the molecule is CCCOC1C(O)CC1Oc1ccc(Br)cc1C(C)C. The highest BCUT2D eigenvalue weighted by molar-refractivity contribution is 9.10. The average Bonchev–Trinajstić information content (AvgIpc) is 2.40. The Balaban J connectivity index is 2.06. The van der Waals surface area contributed by atoms with Gasteiger partial charge in [-0.25, -0.2) is 0 Å². The van der Waals surface area contributed by atoms with Gasteiger partial charge in [0.25, 0.3) is 0 Å². The topological polar surface area (TPSA) is 38.7 Å². The van der Waals surface area contributed by atoms with Gasteiger partial charge < -0.3 is 14.6 Å². The van der Waals surface area contributed by atoms with Crippen molar-refractivity contribution in [2.45, 2.75) is 57.8 Å². The van der Waals surface area contributed by atoms with E-state index in [2.05, 4.69) is 42.8 Å². The third-order valence-corrected chi connectivity index (χ3v) is 4.10. The van der Waals surface area contributed by atoms with E-state index in [4.69, 9.17) is 9.47 Å². The fourth-order valence-corrected chi connectivity index (χ4v) is 2.77. The van der Waals surface area contributed by atoms with E-state index in [0.29, 0.717) is 18.9 Å². The van der Waals surface area contributed by atoms with E-state index in [9.17, 15) is 5.11 Å². The molecule has 1 aliphatic carbocycles. The van der Waals surface area contributed by atoms with Gasteiger partial charge in [0.2, 0.25) is 0 Å². The summed E-state index contributed by atoms with van der Waals surface area (Å²) in [5, 5.41) is 9.79. The Morgan fingerprint density at radius 2 is 2.15 bits per heavy atom. The predicted octanol–water partition coefficient (Wildman–Crippen LogP) is 3.88. The lowest BCUT2D eigenvalue weighted by Gasteiger charge is -2.41. The van der Waals surface area contributed by atoms with Gasteiger partial charge >= 0.3 is 0 Å². The molecule has 0 radical (unpaired) electrons. The van der Waals surface area contributed by atoms with Crippen molar-refractivity contribution in [2.75, 3.05) is 6.61 Å². The minimum Gasteiger partial charge on any atom is -0.487 e. The molecule has 1 aromatic rings. The van der Waals surface area contributed by atoms with Crippen LogP contribution in [0.1, 0.15) is 45.1 Å². The normalized spacial score (nSPS) is 25.6. The van der Waals surface area contributed by atoms with Crippen molar-refractivity contribution in [3.8, 4) is 5.75 Å². The van der Waals surface area contributed by atoms with Crippen LogP contribution in [0.15, 0.2) is 22.7 Å². The predicted molar refractivity (Wildman–Crippen MR) is 83.3 cm³/mol. The fraction of sp³-hybridized carbons (Fsp3) is 0.625. The molecule has 3 nitrogen and oxygen atoms in total. The summed E-state index contributed by atoms with van der Waals surface area (Å²) in [5.41, 5.74) is 1.18. The average molecular weight is 343 g/mol. The van der Waals surface area contributed by atoms with Crippen LogP contribution in [-0.4, -0.2) is 30.0 Å². The van der Waals surface area contributed by atoms with Gasteiger partial charge in [0.15, 0.2) is 0 Å². The van der Waals surface area contributed by atoms with Crippen LogP contribution in [0.5, 0.6) is 5.75 Å². The third-order valence-electron chi connectivity index (χ3n) is 3.61. The first-order chi connectivity index (χ1) is 9.52. The summed E-state index contributed by atoms with van der Waals surface area (Å²) >= 11 is 3.50. The largest absolute Gasteiger partial charge is 0.487 e. The number of ether oxygens (including phenoxy) is 2. The number of aliphatic hydroxyl groups is 1. The van der Waals surface area contributed by atoms with Crippen molar-refractivity contribution in [3.63, 3.8) is 0 Å². The van der Waals surface area contributed by atoms with E-state index < -0.39 is 6.10 Å². The second kappa shape index (κ2) is 6.92. The van der Waals surface area contributed by atoms with Gasteiger partial charge in [0.1, 0.15) is 18.0 Å². The Morgan fingerprint density at radius 1 is 1.40 bits per heavy atom. The fourth-order valence-electron chi connectivity index (χ4n) is 2.39. The van der Waals surface area contributed by atoms with Gasteiger partial charge in [0.05, 0.1) is 6.10 Å². The van der Waals surface area contributed by atoms with Gasteiger partial charge in [-0.3, -0.25) is 0 Å². The van der Waals surface area contributed by atoms with Gasteiger partial charge in [-0.15, -0.1) is 0 Å². The molecular formula is C16H23BrO3. The van der Waals surface area contributed by atoms with Gasteiger partial charge in [-0.1, -0.05) is 36.7 Å². The number of hydrogen-bond donors (Lipinski definition) is 1. The summed E-state index contributed by atoms with van der Waals surface area (Å²) in [5.74, 6) is 1.28. The maximum Gasteiger partial charge on any atom is 0.130 e. The molecule has 1 fully saturated rings. The van der Waals surface area contributed by atoms with Crippen LogP contribution < -0.4 is 4.74 Å². The van der Waals surface area contributed by atoms with E-state index in [0.717, 1.165) is 16.6 Å². The lowest BCUT2D eigenvalue weighted by atomic mass is 9.87. The van der Waals surface area contributed by atoms with Crippen molar-refractivity contribution < 1.29 is 14.6 Å². The van der Waals surface area contributed by atoms with Crippen LogP contribution in [-0.2, 0) is 4.74 Å². The lowest BCUT2D eigenvalue weighted by Crippen LogP contribution is -2.55. The molecule has 1 N–H and O–H groups in total. The lowest BCUT2D eigenvalue weighted by molar-refractivity contribution is -0.162. The second-order valence-corrected chi connectivity index (χ2v) is 6.55. The summed E-state index contributed by atoms with van der Waals surface area (Å²) in [7, 11) is 0. The standard InChI is InChI=1S/C16H23BrO3/c1-4-7-19-16-13(18)9-15(16)20-14-6-5-11(17)8-12(14)10(2)3/h5-6,8,10,13,15-16,18H,4,7,9H2,1-3H3. The van der Waals surface area contributed by atoms with Crippen LogP contribution in [0.25, 0.3) is 0 Å². The first-order valence-electron chi connectivity index (χ1n) is 7.28. The maximum atomic E-state index is 9.79. The molecule has 0 amide bonds. The number of benzene rings is 1. The van der Waals surface area contributed by atoms with Crippen molar-refractivity contribution in [3.05, 3.63) is 28.2 Å². The Kier molecular flexibility index (Phi) is 5.47. The summed E-state index contributed by atoms with van der Waals surface area (Å²) in [6.45, 7) is 7.02. The third kappa shape index (κ3) is 3.54. The van der Waals surface area contributed by atoms with E-state index in [1.54, 1.807) is 0 Å². The molecule has 3 unspecified atom stereocenters. The molecule has 0 aromatic heterocycles. The molecular weight excluding hydrogens is 320 g/mol. The Morgan fingerprint density at radius 3 is 2.75 bits per heavy atom. The molecule has 1 aliphatic rings.